The highest BCUT2D eigenvalue weighted by molar-refractivity contribution is 7.80. The molecule has 5 nitrogen and oxygen atoms in total. The molecule has 0 fully saturated rings. The molecule has 0 aliphatic rings. The Morgan fingerprint density at radius 1 is 0.833 bits per heavy atom. The van der Waals surface area contributed by atoms with Crippen molar-refractivity contribution in [3.05, 3.63) is 95.0 Å². The molecule has 0 saturated heterocycles. The predicted molar refractivity (Wildman–Crippen MR) is 125 cm³/mol. The molecule has 0 spiro atoms. The van der Waals surface area contributed by atoms with E-state index in [-0.39, 0.29) is 16.9 Å². The largest absolute Gasteiger partial charge is 0.332 e. The van der Waals surface area contributed by atoms with Gasteiger partial charge in [-0.1, -0.05) is 54.1 Å². The quantitative estimate of drug-likeness (QED) is 0.472. The van der Waals surface area contributed by atoms with Crippen LogP contribution in [-0.4, -0.2) is 16.9 Å². The van der Waals surface area contributed by atoms with E-state index in [0.29, 0.717) is 34.8 Å². The predicted octanol–water partition coefficient (Wildman–Crippen LogP) is 5.04. The molecule has 0 unspecified atom stereocenters. The fourth-order valence-corrected chi connectivity index (χ4v) is 3.18. The summed E-state index contributed by atoms with van der Waals surface area (Å²) in [7, 11) is 0. The summed E-state index contributed by atoms with van der Waals surface area (Å²) in [4.78, 5) is 24.6. The third-order valence-corrected chi connectivity index (χ3v) is 4.64. The Morgan fingerprint density at radius 3 is 2.27 bits per heavy atom. The number of benzene rings is 3. The summed E-state index contributed by atoms with van der Waals surface area (Å²) in [5.74, 6) is -0.454. The average molecular weight is 438 g/mol. The molecular formula is C23H20ClN3O2S. The topological polar surface area (TPSA) is 70.2 Å². The first-order valence-electron chi connectivity index (χ1n) is 9.31. The van der Waals surface area contributed by atoms with Crippen LogP contribution in [0, 0.1) is 0 Å². The molecular weight excluding hydrogens is 418 g/mol. The third kappa shape index (κ3) is 6.69. The van der Waals surface area contributed by atoms with Gasteiger partial charge in [-0.2, -0.15) is 0 Å². The van der Waals surface area contributed by atoms with Gasteiger partial charge in [0.25, 0.3) is 5.91 Å². The maximum Gasteiger partial charge on any atom is 0.255 e. The van der Waals surface area contributed by atoms with Crippen LogP contribution < -0.4 is 16.0 Å². The van der Waals surface area contributed by atoms with Crippen LogP contribution in [0.15, 0.2) is 78.9 Å². The van der Waals surface area contributed by atoms with Gasteiger partial charge in [0.2, 0.25) is 5.91 Å². The van der Waals surface area contributed by atoms with Gasteiger partial charge in [0, 0.05) is 28.4 Å². The summed E-state index contributed by atoms with van der Waals surface area (Å²) >= 11 is 11.2. The van der Waals surface area contributed by atoms with Crippen molar-refractivity contribution in [2.75, 3.05) is 10.6 Å². The van der Waals surface area contributed by atoms with Crippen molar-refractivity contribution in [1.82, 2.24) is 5.32 Å². The van der Waals surface area contributed by atoms with Crippen molar-refractivity contribution in [2.24, 2.45) is 0 Å². The molecule has 30 heavy (non-hydrogen) atoms. The number of hydrogen-bond acceptors (Lipinski definition) is 3. The number of carbonyl (C=O) groups excluding carboxylic acids is 2. The molecule has 152 valence electrons. The molecule has 3 aromatic rings. The van der Waals surface area contributed by atoms with Gasteiger partial charge in [0.15, 0.2) is 5.11 Å². The van der Waals surface area contributed by atoms with E-state index < -0.39 is 0 Å². The van der Waals surface area contributed by atoms with Crippen molar-refractivity contribution in [3.63, 3.8) is 0 Å². The van der Waals surface area contributed by atoms with Gasteiger partial charge in [-0.05, 0) is 60.6 Å². The summed E-state index contributed by atoms with van der Waals surface area (Å²) < 4.78 is 0. The third-order valence-electron chi connectivity index (χ3n) is 4.20. The Kier molecular flexibility index (Phi) is 7.54. The lowest BCUT2D eigenvalue weighted by atomic mass is 10.1. The first-order chi connectivity index (χ1) is 14.5. The zero-order valence-electron chi connectivity index (χ0n) is 16.0. The van der Waals surface area contributed by atoms with Gasteiger partial charge in [-0.3, -0.25) is 9.59 Å². The molecule has 0 atom stereocenters. The van der Waals surface area contributed by atoms with Gasteiger partial charge in [0.05, 0.1) is 0 Å². The summed E-state index contributed by atoms with van der Waals surface area (Å²) in [6.07, 6.45) is 0.961. The molecule has 2 amide bonds. The molecule has 0 heterocycles. The van der Waals surface area contributed by atoms with Crippen molar-refractivity contribution < 1.29 is 9.59 Å². The standard InChI is InChI=1S/C23H20ClN3O2S/c24-18-9-5-11-20(15-18)25-22(29)17-8-4-10-19(14-17)26-23(30)27-21(28)13-12-16-6-2-1-3-7-16/h1-11,14-15H,12-13H2,(H,25,29)(H2,26,27,28,30). The number of carbonyl (C=O) groups is 2. The zero-order chi connectivity index (χ0) is 21.3. The normalized spacial score (nSPS) is 10.2. The highest BCUT2D eigenvalue weighted by Gasteiger charge is 2.09. The number of halogens is 1. The lowest BCUT2D eigenvalue weighted by Gasteiger charge is -2.11. The molecule has 0 aliphatic heterocycles. The number of anilines is 2. The van der Waals surface area contributed by atoms with Gasteiger partial charge in [-0.15, -0.1) is 0 Å². The average Bonchev–Trinajstić information content (AvgIpc) is 2.73. The number of thiocarbonyl (C=S) groups is 1. The lowest BCUT2D eigenvalue weighted by Crippen LogP contribution is -2.34. The first kappa shape index (κ1) is 21.5. The Bertz CT molecular complexity index is 1060. The molecule has 0 aromatic heterocycles. The maximum absolute atomic E-state index is 12.5. The van der Waals surface area contributed by atoms with Crippen molar-refractivity contribution >= 4 is 52.1 Å². The number of rotatable bonds is 6. The van der Waals surface area contributed by atoms with Crippen LogP contribution in [0.1, 0.15) is 22.3 Å². The minimum Gasteiger partial charge on any atom is -0.332 e. The van der Waals surface area contributed by atoms with Crippen molar-refractivity contribution in [3.8, 4) is 0 Å². The maximum atomic E-state index is 12.5. The molecule has 0 bridgehead atoms. The van der Waals surface area contributed by atoms with Gasteiger partial charge < -0.3 is 16.0 Å². The summed E-state index contributed by atoms with van der Waals surface area (Å²) in [6.45, 7) is 0. The highest BCUT2D eigenvalue weighted by atomic mass is 35.5. The molecule has 0 aliphatic carbocycles. The van der Waals surface area contributed by atoms with Crippen molar-refractivity contribution in [1.29, 1.82) is 0 Å². The Hall–Kier alpha value is -3.22. The Labute approximate surface area is 185 Å². The minimum absolute atomic E-state index is 0.175. The summed E-state index contributed by atoms with van der Waals surface area (Å²) in [6, 6.07) is 23.5. The highest BCUT2D eigenvalue weighted by Crippen LogP contribution is 2.17. The second kappa shape index (κ2) is 10.5. The number of amides is 2. The van der Waals surface area contributed by atoms with E-state index in [9.17, 15) is 9.59 Å². The van der Waals surface area contributed by atoms with Crippen molar-refractivity contribution in [2.45, 2.75) is 12.8 Å². The van der Waals surface area contributed by atoms with E-state index in [1.165, 1.54) is 0 Å². The molecule has 3 aromatic carbocycles. The Balaban J connectivity index is 1.53. The fourth-order valence-electron chi connectivity index (χ4n) is 2.76. The van der Waals surface area contributed by atoms with E-state index >= 15 is 0 Å². The van der Waals surface area contributed by atoms with Gasteiger partial charge in [-0.25, -0.2) is 0 Å². The van der Waals surface area contributed by atoms with Crippen LogP contribution in [-0.2, 0) is 11.2 Å². The fraction of sp³-hybridized carbons (Fsp3) is 0.0870. The zero-order valence-corrected chi connectivity index (χ0v) is 17.6. The monoisotopic (exact) mass is 437 g/mol. The van der Waals surface area contributed by atoms with Crippen LogP contribution in [0.2, 0.25) is 5.02 Å². The van der Waals surface area contributed by atoms with Crippen LogP contribution >= 0.6 is 23.8 Å². The molecule has 0 saturated carbocycles. The van der Waals surface area contributed by atoms with Crippen LogP contribution in [0.5, 0.6) is 0 Å². The number of hydrogen-bond donors (Lipinski definition) is 3. The van der Waals surface area contributed by atoms with E-state index in [2.05, 4.69) is 16.0 Å². The van der Waals surface area contributed by atoms with Gasteiger partial charge >= 0.3 is 0 Å². The van der Waals surface area contributed by atoms with E-state index in [0.717, 1.165) is 5.56 Å². The van der Waals surface area contributed by atoms with Gasteiger partial charge in [0.1, 0.15) is 0 Å². The lowest BCUT2D eigenvalue weighted by molar-refractivity contribution is -0.119. The Morgan fingerprint density at radius 2 is 1.53 bits per heavy atom. The minimum atomic E-state index is -0.279. The molecule has 3 rings (SSSR count). The van der Waals surface area contributed by atoms with Crippen LogP contribution in [0.3, 0.4) is 0 Å². The molecule has 7 heteroatoms. The van der Waals surface area contributed by atoms with E-state index in [1.54, 1.807) is 48.5 Å². The molecule has 3 N–H and O–H groups in total. The second-order valence-corrected chi connectivity index (χ2v) is 7.38. The second-order valence-electron chi connectivity index (χ2n) is 6.53. The van der Waals surface area contributed by atoms with E-state index in [4.69, 9.17) is 23.8 Å². The smallest absolute Gasteiger partial charge is 0.255 e. The SMILES string of the molecule is O=C(CCc1ccccc1)NC(=S)Nc1cccc(C(=O)Nc2cccc(Cl)c2)c1. The molecule has 0 radical (unpaired) electrons. The van der Waals surface area contributed by atoms with E-state index in [1.807, 2.05) is 30.3 Å². The van der Waals surface area contributed by atoms with Crippen LogP contribution in [0.4, 0.5) is 11.4 Å². The van der Waals surface area contributed by atoms with Crippen LogP contribution in [0.25, 0.3) is 0 Å². The summed E-state index contributed by atoms with van der Waals surface area (Å²) in [5, 5.41) is 9.11. The first-order valence-corrected chi connectivity index (χ1v) is 10.1. The number of nitrogens with one attached hydrogen (secondary N) is 3. The summed E-state index contributed by atoms with van der Waals surface area (Å²) in [5.41, 5.74) is 2.73. The number of aryl methyl sites for hydroxylation is 1.